The van der Waals surface area contributed by atoms with Gasteiger partial charge in [-0.2, -0.15) is 0 Å². The van der Waals surface area contributed by atoms with Crippen LogP contribution in [-0.4, -0.2) is 36.5 Å². The van der Waals surface area contributed by atoms with Crippen molar-refractivity contribution in [2.75, 3.05) is 19.7 Å². The molecule has 0 spiro atoms. The van der Waals surface area contributed by atoms with Crippen LogP contribution in [-0.2, 0) is 6.42 Å². The van der Waals surface area contributed by atoms with Crippen molar-refractivity contribution < 1.29 is 9.53 Å². The molecule has 4 nitrogen and oxygen atoms in total. The first-order valence-electron chi connectivity index (χ1n) is 6.94. The Morgan fingerprint density at radius 3 is 3.05 bits per heavy atom. The van der Waals surface area contributed by atoms with Crippen molar-refractivity contribution in [3.8, 4) is 5.75 Å². The first-order chi connectivity index (χ1) is 9.13. The fourth-order valence-corrected chi connectivity index (χ4v) is 3.07. The summed E-state index contributed by atoms with van der Waals surface area (Å²) < 4.78 is 5.47. The van der Waals surface area contributed by atoms with Crippen molar-refractivity contribution in [3.63, 3.8) is 0 Å². The van der Waals surface area contributed by atoms with Gasteiger partial charge in [0.2, 0.25) is 0 Å². The summed E-state index contributed by atoms with van der Waals surface area (Å²) in [5, 5.41) is 0. The zero-order valence-electron chi connectivity index (χ0n) is 11.3. The Kier molecular flexibility index (Phi) is 3.19. The maximum atomic E-state index is 12.5. The average molecular weight is 260 g/mol. The molecule has 2 N–H and O–H groups in total. The quantitative estimate of drug-likeness (QED) is 0.831. The van der Waals surface area contributed by atoms with Gasteiger partial charge in [0.05, 0.1) is 6.61 Å². The molecular formula is C15H20N2O2. The molecule has 19 heavy (non-hydrogen) atoms. The van der Waals surface area contributed by atoms with Crippen molar-refractivity contribution in [1.29, 1.82) is 0 Å². The summed E-state index contributed by atoms with van der Waals surface area (Å²) in [5.41, 5.74) is 7.90. The minimum absolute atomic E-state index is 0.0942. The number of benzene rings is 1. The zero-order chi connectivity index (χ0) is 13.4. The molecule has 2 aliphatic heterocycles. The van der Waals surface area contributed by atoms with E-state index in [-0.39, 0.29) is 11.9 Å². The molecule has 2 atom stereocenters. The second kappa shape index (κ2) is 4.85. The molecule has 3 rings (SSSR count). The van der Waals surface area contributed by atoms with E-state index in [1.807, 2.05) is 23.1 Å². The third-order valence-electron chi connectivity index (χ3n) is 3.92. The first kappa shape index (κ1) is 12.5. The van der Waals surface area contributed by atoms with Gasteiger partial charge in [-0.1, -0.05) is 6.92 Å². The number of fused-ring (bicyclic) bond motifs is 1. The van der Waals surface area contributed by atoms with Crippen LogP contribution in [0.1, 0.15) is 29.3 Å². The predicted octanol–water partition coefficient (Wildman–Crippen LogP) is 1.43. The van der Waals surface area contributed by atoms with Crippen molar-refractivity contribution in [2.24, 2.45) is 11.7 Å². The van der Waals surface area contributed by atoms with Crippen LogP contribution in [0, 0.1) is 5.92 Å². The number of nitrogens with two attached hydrogens (primary N) is 1. The summed E-state index contributed by atoms with van der Waals surface area (Å²) in [4.78, 5) is 14.4. The van der Waals surface area contributed by atoms with E-state index in [4.69, 9.17) is 10.5 Å². The highest BCUT2D eigenvalue weighted by Gasteiger charge is 2.27. The Bertz CT molecular complexity index is 491. The molecule has 4 heteroatoms. The Morgan fingerprint density at radius 2 is 2.26 bits per heavy atom. The number of nitrogens with zero attached hydrogens (tertiary/aromatic N) is 1. The molecule has 0 bridgehead atoms. The number of rotatable bonds is 1. The molecule has 1 fully saturated rings. The Hall–Kier alpha value is -1.55. The highest BCUT2D eigenvalue weighted by atomic mass is 16.5. The molecule has 0 saturated carbocycles. The van der Waals surface area contributed by atoms with Gasteiger partial charge < -0.3 is 15.4 Å². The van der Waals surface area contributed by atoms with Crippen molar-refractivity contribution in [1.82, 2.24) is 4.90 Å². The molecule has 1 aromatic rings. The van der Waals surface area contributed by atoms with E-state index in [1.165, 1.54) is 0 Å². The predicted molar refractivity (Wildman–Crippen MR) is 73.3 cm³/mol. The molecule has 2 unspecified atom stereocenters. The Morgan fingerprint density at radius 1 is 1.42 bits per heavy atom. The van der Waals surface area contributed by atoms with E-state index >= 15 is 0 Å². The summed E-state index contributed by atoms with van der Waals surface area (Å²) >= 11 is 0. The summed E-state index contributed by atoms with van der Waals surface area (Å²) in [6, 6.07) is 5.83. The lowest BCUT2D eigenvalue weighted by molar-refractivity contribution is 0.0661. The fraction of sp³-hybridized carbons (Fsp3) is 0.533. The van der Waals surface area contributed by atoms with E-state index in [1.54, 1.807) is 0 Å². The second-order valence-corrected chi connectivity index (χ2v) is 5.73. The molecule has 1 saturated heterocycles. The first-order valence-corrected chi connectivity index (χ1v) is 6.94. The molecule has 102 valence electrons. The number of carbonyl (C=O) groups excluding carboxylic acids is 1. The summed E-state index contributed by atoms with van der Waals surface area (Å²) in [7, 11) is 0. The maximum Gasteiger partial charge on any atom is 0.253 e. The van der Waals surface area contributed by atoms with Gasteiger partial charge in [0.15, 0.2) is 0 Å². The van der Waals surface area contributed by atoms with Crippen molar-refractivity contribution in [3.05, 3.63) is 29.3 Å². The number of amides is 1. The number of ether oxygens (including phenoxy) is 1. The Balaban J connectivity index is 1.80. The van der Waals surface area contributed by atoms with Crippen LogP contribution >= 0.6 is 0 Å². The van der Waals surface area contributed by atoms with Crippen LogP contribution in [0.5, 0.6) is 5.75 Å². The van der Waals surface area contributed by atoms with Crippen molar-refractivity contribution >= 4 is 5.91 Å². The average Bonchev–Trinajstić information content (AvgIpc) is 2.83. The molecule has 0 aliphatic carbocycles. The summed E-state index contributed by atoms with van der Waals surface area (Å²) in [5.74, 6) is 1.49. The molecule has 1 amide bonds. The van der Waals surface area contributed by atoms with Gasteiger partial charge in [0.25, 0.3) is 5.91 Å². The van der Waals surface area contributed by atoms with Gasteiger partial charge in [0.1, 0.15) is 5.75 Å². The molecule has 2 aliphatic rings. The van der Waals surface area contributed by atoms with Crippen LogP contribution in [0.15, 0.2) is 18.2 Å². The second-order valence-electron chi connectivity index (χ2n) is 5.73. The minimum Gasteiger partial charge on any atom is -0.493 e. The highest BCUT2D eigenvalue weighted by molar-refractivity contribution is 5.94. The van der Waals surface area contributed by atoms with Gasteiger partial charge in [-0.05, 0) is 36.1 Å². The van der Waals surface area contributed by atoms with E-state index in [0.717, 1.165) is 42.9 Å². The number of hydrogen-bond acceptors (Lipinski definition) is 3. The van der Waals surface area contributed by atoms with Gasteiger partial charge in [-0.25, -0.2) is 0 Å². The van der Waals surface area contributed by atoms with Crippen LogP contribution in [0.4, 0.5) is 0 Å². The molecule has 2 heterocycles. The number of piperidine rings is 1. The van der Waals surface area contributed by atoms with Crippen LogP contribution < -0.4 is 10.5 Å². The van der Waals surface area contributed by atoms with E-state index < -0.39 is 0 Å². The highest BCUT2D eigenvalue weighted by Crippen LogP contribution is 2.27. The van der Waals surface area contributed by atoms with E-state index in [0.29, 0.717) is 12.5 Å². The normalized spacial score (nSPS) is 25.9. The lowest BCUT2D eigenvalue weighted by Gasteiger charge is -2.34. The SMILES string of the molecule is CC1CC(N)CN(C(=O)c2ccc3c(c2)CCO3)C1. The van der Waals surface area contributed by atoms with E-state index in [2.05, 4.69) is 6.92 Å². The molecular weight excluding hydrogens is 240 g/mol. The lowest BCUT2D eigenvalue weighted by atomic mass is 9.96. The smallest absolute Gasteiger partial charge is 0.253 e. The monoisotopic (exact) mass is 260 g/mol. The number of hydrogen-bond donors (Lipinski definition) is 1. The summed E-state index contributed by atoms with van der Waals surface area (Å²) in [6.07, 6.45) is 1.90. The fourth-order valence-electron chi connectivity index (χ4n) is 3.07. The van der Waals surface area contributed by atoms with Gasteiger partial charge in [-0.3, -0.25) is 4.79 Å². The number of carbonyl (C=O) groups is 1. The summed E-state index contributed by atoms with van der Waals surface area (Å²) in [6.45, 7) is 4.34. The van der Waals surface area contributed by atoms with E-state index in [9.17, 15) is 4.79 Å². The van der Waals surface area contributed by atoms with Crippen LogP contribution in [0.2, 0.25) is 0 Å². The molecule has 0 aromatic heterocycles. The van der Waals surface area contributed by atoms with Crippen LogP contribution in [0.3, 0.4) is 0 Å². The maximum absolute atomic E-state index is 12.5. The Labute approximate surface area is 113 Å². The third kappa shape index (κ3) is 2.45. The van der Waals surface area contributed by atoms with Gasteiger partial charge in [-0.15, -0.1) is 0 Å². The molecule has 0 radical (unpaired) electrons. The molecule has 1 aromatic carbocycles. The van der Waals surface area contributed by atoms with Crippen LogP contribution in [0.25, 0.3) is 0 Å². The van der Waals surface area contributed by atoms with Gasteiger partial charge >= 0.3 is 0 Å². The standard InChI is InChI=1S/C15H20N2O2/c1-10-6-13(16)9-17(8-10)15(18)12-2-3-14-11(7-12)4-5-19-14/h2-3,7,10,13H,4-6,8-9,16H2,1H3. The largest absolute Gasteiger partial charge is 0.493 e. The minimum atomic E-state index is 0.0942. The third-order valence-corrected chi connectivity index (χ3v) is 3.92. The topological polar surface area (TPSA) is 55.6 Å². The van der Waals surface area contributed by atoms with Crippen molar-refractivity contribution in [2.45, 2.75) is 25.8 Å². The lowest BCUT2D eigenvalue weighted by Crippen LogP contribution is -2.48. The zero-order valence-corrected chi connectivity index (χ0v) is 11.3. The number of likely N-dealkylation sites (tertiary alicyclic amines) is 1. The van der Waals surface area contributed by atoms with Gasteiger partial charge in [0, 0.05) is 31.1 Å².